The summed E-state index contributed by atoms with van der Waals surface area (Å²) < 4.78 is 8.82. The van der Waals surface area contributed by atoms with Crippen LogP contribution in [0.2, 0.25) is 0 Å². The number of benzene rings is 11. The average Bonchev–Trinajstić information content (AvgIpc) is 3.92. The van der Waals surface area contributed by atoms with Crippen molar-refractivity contribution in [3.63, 3.8) is 0 Å². The van der Waals surface area contributed by atoms with Gasteiger partial charge in [0.05, 0.1) is 22.1 Å². The van der Waals surface area contributed by atoms with Crippen LogP contribution in [0.5, 0.6) is 11.5 Å². The van der Waals surface area contributed by atoms with E-state index in [4.69, 9.17) is 4.74 Å². The van der Waals surface area contributed by atoms with Crippen molar-refractivity contribution in [2.75, 3.05) is 4.90 Å². The number of aromatic nitrogens is 1. The van der Waals surface area contributed by atoms with Gasteiger partial charge in [0.1, 0.15) is 11.5 Å². The van der Waals surface area contributed by atoms with Gasteiger partial charge in [0.25, 0.3) is 0 Å². The molecule has 0 N–H and O–H groups in total. The molecule has 72 heavy (non-hydrogen) atoms. The molecule has 12 aromatic rings. The van der Waals surface area contributed by atoms with Crippen LogP contribution in [0.25, 0.3) is 66.6 Å². The quantitative estimate of drug-likeness (QED) is 0.136. The molecular weight excluding hydrogens is 873 g/mol. The highest BCUT2D eigenvalue weighted by atomic mass is 16.5. The van der Waals surface area contributed by atoms with Crippen molar-refractivity contribution in [2.24, 2.45) is 0 Å². The molecule has 0 fully saturated rings. The van der Waals surface area contributed by atoms with Crippen molar-refractivity contribution in [3.05, 3.63) is 294 Å². The van der Waals surface area contributed by atoms with Crippen molar-refractivity contribution in [1.82, 2.24) is 4.57 Å². The first kappa shape index (κ1) is 42.9. The SMILES string of the molecule is C=Cc1ccc(Oc2ccc(C3(c4cc(C)ccc4C)c4ccccc4-c4ccc(N(c5ccc(-c6ccc7c(c6)c6ccccc6n7-c6ccccc6)cc5)c5cccc6ccccc56)cc43)cc2)cc1. The number of para-hydroxylation sites is 2. The fraction of sp³-hybridized carbons (Fsp3) is 0.0435. The predicted molar refractivity (Wildman–Crippen MR) is 302 cm³/mol. The molecule has 1 aliphatic carbocycles. The second-order valence-corrected chi connectivity index (χ2v) is 19.0. The topological polar surface area (TPSA) is 17.4 Å². The summed E-state index contributed by atoms with van der Waals surface area (Å²) in [5.41, 5.74) is 19.5. The number of aryl methyl sites for hydroxylation is 2. The maximum atomic E-state index is 6.45. The van der Waals surface area contributed by atoms with Gasteiger partial charge >= 0.3 is 0 Å². The smallest absolute Gasteiger partial charge is 0.127 e. The summed E-state index contributed by atoms with van der Waals surface area (Å²) in [5.74, 6) is 1.57. The Morgan fingerprint density at radius 2 is 1.11 bits per heavy atom. The van der Waals surface area contributed by atoms with Crippen LogP contribution in [0.4, 0.5) is 17.1 Å². The Kier molecular flexibility index (Phi) is 10.3. The lowest BCUT2D eigenvalue weighted by Crippen LogP contribution is -2.30. The number of hydrogen-bond donors (Lipinski definition) is 0. The molecule has 0 aliphatic heterocycles. The molecule has 1 unspecified atom stereocenters. The fourth-order valence-corrected chi connectivity index (χ4v) is 11.5. The summed E-state index contributed by atoms with van der Waals surface area (Å²) in [4.78, 5) is 2.45. The Bertz CT molecular complexity index is 4030. The molecule has 0 spiro atoms. The highest BCUT2D eigenvalue weighted by molar-refractivity contribution is 6.10. The zero-order valence-corrected chi connectivity index (χ0v) is 40.3. The molecule has 1 aromatic heterocycles. The van der Waals surface area contributed by atoms with Crippen LogP contribution in [0.1, 0.15) is 38.9 Å². The minimum atomic E-state index is -0.640. The van der Waals surface area contributed by atoms with Crippen LogP contribution in [0.15, 0.2) is 255 Å². The number of nitrogens with zero attached hydrogens (tertiary/aromatic N) is 2. The molecule has 342 valence electrons. The Labute approximate surface area is 420 Å². The first-order chi connectivity index (χ1) is 35.5. The van der Waals surface area contributed by atoms with Crippen molar-refractivity contribution >= 4 is 55.7 Å². The highest BCUT2D eigenvalue weighted by Gasteiger charge is 2.47. The third-order valence-electron chi connectivity index (χ3n) is 14.9. The molecule has 0 radical (unpaired) electrons. The van der Waals surface area contributed by atoms with E-state index in [1.165, 1.54) is 82.6 Å². The van der Waals surface area contributed by atoms with E-state index in [1.54, 1.807) is 0 Å². The Morgan fingerprint density at radius 3 is 1.92 bits per heavy atom. The van der Waals surface area contributed by atoms with Gasteiger partial charge in [0, 0.05) is 33.2 Å². The van der Waals surface area contributed by atoms with E-state index in [9.17, 15) is 0 Å². The van der Waals surface area contributed by atoms with Crippen LogP contribution in [0, 0.1) is 13.8 Å². The van der Waals surface area contributed by atoms with E-state index in [-0.39, 0.29) is 0 Å². The molecule has 1 atom stereocenters. The third-order valence-corrected chi connectivity index (χ3v) is 14.9. The second-order valence-electron chi connectivity index (χ2n) is 19.0. The van der Waals surface area contributed by atoms with E-state index in [0.717, 1.165) is 45.4 Å². The molecule has 3 heteroatoms. The van der Waals surface area contributed by atoms with Gasteiger partial charge in [-0.1, -0.05) is 182 Å². The normalized spacial score (nSPS) is 13.8. The van der Waals surface area contributed by atoms with Gasteiger partial charge in [0.15, 0.2) is 0 Å². The highest BCUT2D eigenvalue weighted by Crippen LogP contribution is 2.58. The number of hydrogen-bond acceptors (Lipinski definition) is 2. The van der Waals surface area contributed by atoms with Crippen LogP contribution in [-0.4, -0.2) is 4.57 Å². The zero-order chi connectivity index (χ0) is 48.3. The van der Waals surface area contributed by atoms with E-state index < -0.39 is 5.41 Å². The first-order valence-corrected chi connectivity index (χ1v) is 24.8. The number of rotatable bonds is 10. The number of fused-ring (bicyclic) bond motifs is 7. The Balaban J connectivity index is 0.977. The molecular formula is C69H50N2O. The van der Waals surface area contributed by atoms with Crippen LogP contribution in [-0.2, 0) is 5.41 Å². The summed E-state index contributed by atoms with van der Waals surface area (Å²) in [5, 5.41) is 4.85. The zero-order valence-electron chi connectivity index (χ0n) is 40.3. The fourth-order valence-electron chi connectivity index (χ4n) is 11.5. The van der Waals surface area contributed by atoms with Gasteiger partial charge in [-0.25, -0.2) is 0 Å². The van der Waals surface area contributed by atoms with Gasteiger partial charge < -0.3 is 14.2 Å². The minimum absolute atomic E-state index is 0.640. The van der Waals surface area contributed by atoms with Gasteiger partial charge in [-0.05, 0) is 160 Å². The maximum Gasteiger partial charge on any atom is 0.127 e. The number of anilines is 3. The molecule has 1 aliphatic rings. The molecule has 0 saturated heterocycles. The summed E-state index contributed by atoms with van der Waals surface area (Å²) in [6.45, 7) is 8.38. The Hall–Kier alpha value is -9.18. The molecule has 0 amide bonds. The van der Waals surface area contributed by atoms with Crippen LogP contribution < -0.4 is 9.64 Å². The van der Waals surface area contributed by atoms with Crippen molar-refractivity contribution in [1.29, 1.82) is 0 Å². The minimum Gasteiger partial charge on any atom is -0.457 e. The predicted octanol–water partition coefficient (Wildman–Crippen LogP) is 18.5. The average molecular weight is 923 g/mol. The van der Waals surface area contributed by atoms with Crippen LogP contribution in [0.3, 0.4) is 0 Å². The summed E-state index contributed by atoms with van der Waals surface area (Å²) in [7, 11) is 0. The van der Waals surface area contributed by atoms with Crippen molar-refractivity contribution in [3.8, 4) is 39.4 Å². The van der Waals surface area contributed by atoms with Crippen molar-refractivity contribution in [2.45, 2.75) is 19.3 Å². The molecule has 11 aromatic carbocycles. The summed E-state index contributed by atoms with van der Waals surface area (Å²) in [6.07, 6.45) is 1.85. The lowest BCUT2D eigenvalue weighted by Gasteiger charge is -2.36. The third kappa shape index (κ3) is 6.96. The van der Waals surface area contributed by atoms with Crippen LogP contribution >= 0.6 is 0 Å². The lowest BCUT2D eigenvalue weighted by atomic mass is 9.66. The second kappa shape index (κ2) is 17.3. The lowest BCUT2D eigenvalue weighted by molar-refractivity contribution is 0.482. The van der Waals surface area contributed by atoms with E-state index in [0.29, 0.717) is 0 Å². The molecule has 3 nitrogen and oxygen atoms in total. The Morgan fingerprint density at radius 1 is 0.458 bits per heavy atom. The van der Waals surface area contributed by atoms with Gasteiger partial charge in [-0.15, -0.1) is 0 Å². The largest absolute Gasteiger partial charge is 0.457 e. The van der Waals surface area contributed by atoms with Gasteiger partial charge in [0.2, 0.25) is 0 Å². The molecule has 0 saturated carbocycles. The van der Waals surface area contributed by atoms with E-state index in [2.05, 4.69) is 254 Å². The first-order valence-electron chi connectivity index (χ1n) is 24.8. The van der Waals surface area contributed by atoms with Gasteiger partial charge in [-0.2, -0.15) is 0 Å². The molecule has 13 rings (SSSR count). The van der Waals surface area contributed by atoms with Gasteiger partial charge in [-0.3, -0.25) is 0 Å². The summed E-state index contributed by atoms with van der Waals surface area (Å²) in [6, 6.07) is 90.7. The van der Waals surface area contributed by atoms with E-state index >= 15 is 0 Å². The van der Waals surface area contributed by atoms with Crippen molar-refractivity contribution < 1.29 is 4.74 Å². The summed E-state index contributed by atoms with van der Waals surface area (Å²) >= 11 is 0. The standard InChI is InChI=1S/C69H50N2O/c1-4-48-27-37-56(38-28-48)72-57-39-32-52(33-40-57)69(64-43-46(2)25-26-47(64)3)63-22-12-10-20-59(63)60-41-36-55(45-65(60)69)70(66-24-14-16-50-15-8-9-19-58(50)66)54-34-29-49(30-35-54)51-31-42-68-62(44-51)61-21-11-13-23-67(61)71(68)53-17-6-5-7-18-53/h4-45H,1H2,2-3H3. The molecule has 1 heterocycles. The molecule has 0 bridgehead atoms. The number of ether oxygens (including phenoxy) is 1. The monoisotopic (exact) mass is 922 g/mol. The maximum absolute atomic E-state index is 6.45. The van der Waals surface area contributed by atoms with E-state index in [1.807, 2.05) is 30.3 Å².